The molecule has 1 heterocycles. The molecule has 4 heteroatoms. The van der Waals surface area contributed by atoms with E-state index in [9.17, 15) is 5.11 Å². The Balaban J connectivity index is 1.88. The van der Waals surface area contributed by atoms with Gasteiger partial charge in [-0.2, -0.15) is 11.8 Å². The van der Waals surface area contributed by atoms with Crippen LogP contribution in [-0.4, -0.2) is 35.0 Å². The number of rotatable bonds is 5. The molecule has 2 rings (SSSR count). The molecule has 0 saturated carbocycles. The number of thioether (sulfide) groups is 2. The van der Waals surface area contributed by atoms with Crippen molar-refractivity contribution in [3.63, 3.8) is 0 Å². The highest BCUT2D eigenvalue weighted by Gasteiger charge is 2.31. The Hall–Kier alpha value is -0.160. The van der Waals surface area contributed by atoms with Gasteiger partial charge < -0.3 is 10.4 Å². The van der Waals surface area contributed by atoms with Crippen LogP contribution in [0.1, 0.15) is 24.9 Å². The van der Waals surface area contributed by atoms with Crippen LogP contribution < -0.4 is 5.32 Å². The Morgan fingerprint density at radius 3 is 2.72 bits per heavy atom. The van der Waals surface area contributed by atoms with E-state index in [-0.39, 0.29) is 6.04 Å². The van der Waals surface area contributed by atoms with Gasteiger partial charge >= 0.3 is 0 Å². The van der Waals surface area contributed by atoms with Crippen LogP contribution >= 0.6 is 23.5 Å². The summed E-state index contributed by atoms with van der Waals surface area (Å²) >= 11 is 3.60. The predicted molar refractivity (Wildman–Crippen MR) is 81.5 cm³/mol. The molecular formula is C14H21NOS2. The van der Waals surface area contributed by atoms with Gasteiger partial charge in [0.1, 0.15) is 0 Å². The maximum atomic E-state index is 10.3. The molecule has 1 saturated heterocycles. The number of hydrogen-bond acceptors (Lipinski definition) is 4. The monoisotopic (exact) mass is 283 g/mol. The van der Waals surface area contributed by atoms with Crippen molar-refractivity contribution in [3.05, 3.63) is 29.8 Å². The van der Waals surface area contributed by atoms with E-state index in [0.717, 1.165) is 17.9 Å². The third-order valence-electron chi connectivity index (χ3n) is 3.44. The molecule has 0 amide bonds. The first-order chi connectivity index (χ1) is 8.63. The van der Waals surface area contributed by atoms with Crippen molar-refractivity contribution in [1.29, 1.82) is 0 Å². The lowest BCUT2D eigenvalue weighted by molar-refractivity contribution is 0.0651. The second-order valence-electron chi connectivity index (χ2n) is 4.90. The average Bonchev–Trinajstić information content (AvgIpc) is 2.83. The lowest BCUT2D eigenvalue weighted by Gasteiger charge is -2.24. The van der Waals surface area contributed by atoms with Crippen LogP contribution in [0.25, 0.3) is 0 Å². The molecule has 2 unspecified atom stereocenters. The molecule has 1 aliphatic heterocycles. The van der Waals surface area contributed by atoms with Crippen LogP contribution in [0.2, 0.25) is 0 Å². The average molecular weight is 283 g/mol. The summed E-state index contributed by atoms with van der Waals surface area (Å²) in [5.41, 5.74) is 0.778. The standard InChI is InChI=1S/C14H21NOS2/c1-11(12-3-5-13(17-2)6-4-12)15-9-14(16)7-8-18-10-14/h3-6,11,15-16H,7-10H2,1-2H3. The topological polar surface area (TPSA) is 32.3 Å². The quantitative estimate of drug-likeness (QED) is 0.814. The number of hydrogen-bond donors (Lipinski definition) is 2. The second-order valence-corrected chi connectivity index (χ2v) is 6.89. The van der Waals surface area contributed by atoms with E-state index in [1.807, 2.05) is 11.8 Å². The molecule has 1 fully saturated rings. The molecule has 100 valence electrons. The highest BCUT2D eigenvalue weighted by molar-refractivity contribution is 7.99. The van der Waals surface area contributed by atoms with Crippen LogP contribution in [0, 0.1) is 0 Å². The molecular weight excluding hydrogens is 262 g/mol. The summed E-state index contributed by atoms with van der Waals surface area (Å²) < 4.78 is 0. The van der Waals surface area contributed by atoms with Crippen LogP contribution in [-0.2, 0) is 0 Å². The van der Waals surface area contributed by atoms with Crippen LogP contribution in [0.5, 0.6) is 0 Å². The SMILES string of the molecule is CSc1ccc(C(C)NCC2(O)CCSC2)cc1. The highest BCUT2D eigenvalue weighted by atomic mass is 32.2. The van der Waals surface area contributed by atoms with Crippen molar-refractivity contribution in [1.82, 2.24) is 5.32 Å². The summed E-state index contributed by atoms with van der Waals surface area (Å²) in [7, 11) is 0. The maximum absolute atomic E-state index is 10.3. The molecule has 18 heavy (non-hydrogen) atoms. The number of nitrogens with one attached hydrogen (secondary N) is 1. The normalized spacial score (nSPS) is 25.3. The van der Waals surface area contributed by atoms with Crippen LogP contribution in [0.4, 0.5) is 0 Å². The summed E-state index contributed by atoms with van der Waals surface area (Å²) in [5, 5.41) is 13.7. The zero-order valence-corrected chi connectivity index (χ0v) is 12.6. The fourth-order valence-electron chi connectivity index (χ4n) is 2.09. The molecule has 1 aromatic rings. The van der Waals surface area contributed by atoms with Gasteiger partial charge in [-0.3, -0.25) is 0 Å². The number of benzene rings is 1. The molecule has 0 aliphatic carbocycles. The van der Waals surface area contributed by atoms with Gasteiger partial charge in [0, 0.05) is 23.2 Å². The van der Waals surface area contributed by atoms with E-state index in [0.29, 0.717) is 6.54 Å². The fourth-order valence-corrected chi connectivity index (χ4v) is 3.79. The summed E-state index contributed by atoms with van der Waals surface area (Å²) in [6, 6.07) is 8.92. The summed E-state index contributed by atoms with van der Waals surface area (Å²) in [5.74, 6) is 1.94. The summed E-state index contributed by atoms with van der Waals surface area (Å²) in [4.78, 5) is 1.29. The highest BCUT2D eigenvalue weighted by Crippen LogP contribution is 2.28. The molecule has 1 aliphatic rings. The van der Waals surface area contributed by atoms with Crippen molar-refractivity contribution < 1.29 is 5.11 Å². The second kappa shape index (κ2) is 6.33. The van der Waals surface area contributed by atoms with Crippen LogP contribution in [0.3, 0.4) is 0 Å². The van der Waals surface area contributed by atoms with Crippen molar-refractivity contribution in [2.45, 2.75) is 29.9 Å². The molecule has 2 nitrogen and oxygen atoms in total. The van der Waals surface area contributed by atoms with Gasteiger partial charge in [0.05, 0.1) is 5.60 Å². The first-order valence-corrected chi connectivity index (χ1v) is 8.68. The van der Waals surface area contributed by atoms with E-state index in [4.69, 9.17) is 0 Å². The van der Waals surface area contributed by atoms with Crippen molar-refractivity contribution >= 4 is 23.5 Å². The summed E-state index contributed by atoms with van der Waals surface area (Å²) in [6.07, 6.45) is 2.99. The first kappa shape index (κ1) is 14.3. The lowest BCUT2D eigenvalue weighted by atomic mass is 10.0. The van der Waals surface area contributed by atoms with E-state index in [1.54, 1.807) is 11.8 Å². The van der Waals surface area contributed by atoms with Crippen molar-refractivity contribution in [3.8, 4) is 0 Å². The molecule has 1 aromatic carbocycles. The first-order valence-electron chi connectivity index (χ1n) is 6.30. The predicted octanol–water partition coefficient (Wildman–Crippen LogP) is 2.93. The zero-order valence-electron chi connectivity index (χ0n) is 11.0. The third-order valence-corrected chi connectivity index (χ3v) is 5.41. The van der Waals surface area contributed by atoms with E-state index < -0.39 is 5.60 Å². The molecule has 0 radical (unpaired) electrons. The van der Waals surface area contributed by atoms with E-state index >= 15 is 0 Å². The Kier molecular flexibility index (Phi) is 5.01. The van der Waals surface area contributed by atoms with E-state index in [1.165, 1.54) is 10.5 Å². The fraction of sp³-hybridized carbons (Fsp3) is 0.571. The van der Waals surface area contributed by atoms with Gasteiger partial charge in [-0.1, -0.05) is 12.1 Å². The number of aliphatic hydroxyl groups is 1. The zero-order chi connectivity index (χ0) is 13.0. The largest absolute Gasteiger partial charge is 0.388 e. The van der Waals surface area contributed by atoms with E-state index in [2.05, 4.69) is 42.8 Å². The minimum atomic E-state index is -0.502. The molecule has 2 atom stereocenters. The van der Waals surface area contributed by atoms with Crippen molar-refractivity contribution in [2.75, 3.05) is 24.3 Å². The minimum absolute atomic E-state index is 0.288. The van der Waals surface area contributed by atoms with Gasteiger partial charge in [0.25, 0.3) is 0 Å². The molecule has 0 spiro atoms. The molecule has 0 bridgehead atoms. The summed E-state index contributed by atoms with van der Waals surface area (Å²) in [6.45, 7) is 2.84. The lowest BCUT2D eigenvalue weighted by Crippen LogP contribution is -2.41. The van der Waals surface area contributed by atoms with Gasteiger partial charge in [-0.15, -0.1) is 11.8 Å². The Morgan fingerprint density at radius 2 is 2.17 bits per heavy atom. The smallest absolute Gasteiger partial charge is 0.0869 e. The molecule has 0 aromatic heterocycles. The minimum Gasteiger partial charge on any atom is -0.388 e. The molecule has 2 N–H and O–H groups in total. The maximum Gasteiger partial charge on any atom is 0.0869 e. The van der Waals surface area contributed by atoms with Crippen molar-refractivity contribution in [2.24, 2.45) is 0 Å². The van der Waals surface area contributed by atoms with Crippen LogP contribution in [0.15, 0.2) is 29.2 Å². The van der Waals surface area contributed by atoms with Gasteiger partial charge in [-0.05, 0) is 43.0 Å². The Bertz CT molecular complexity index is 374. The van der Waals surface area contributed by atoms with Gasteiger partial charge in [0.2, 0.25) is 0 Å². The Labute approximate surface area is 118 Å². The Morgan fingerprint density at radius 1 is 1.44 bits per heavy atom. The van der Waals surface area contributed by atoms with Gasteiger partial charge in [-0.25, -0.2) is 0 Å². The third kappa shape index (κ3) is 3.67. The van der Waals surface area contributed by atoms with Gasteiger partial charge in [0.15, 0.2) is 0 Å².